The van der Waals surface area contributed by atoms with E-state index in [0.717, 1.165) is 12.0 Å². The smallest absolute Gasteiger partial charge is 0.216 e. The normalized spacial score (nSPS) is 12.6. The molecule has 0 bridgehead atoms. The maximum Gasteiger partial charge on any atom is 0.216 e. The van der Waals surface area contributed by atoms with Gasteiger partial charge in [-0.3, -0.25) is 4.21 Å². The molecule has 0 aliphatic heterocycles. The summed E-state index contributed by atoms with van der Waals surface area (Å²) in [6.07, 6.45) is 1.47. The highest BCUT2D eigenvalue weighted by Gasteiger charge is 2.07. The molecule has 0 N–H and O–H groups in total. The van der Waals surface area contributed by atoms with Crippen molar-refractivity contribution in [2.75, 3.05) is 5.75 Å². The van der Waals surface area contributed by atoms with E-state index in [-0.39, 0.29) is 0 Å². The summed E-state index contributed by atoms with van der Waals surface area (Å²) >= 11 is 0. The summed E-state index contributed by atoms with van der Waals surface area (Å²) < 4.78 is 17.6. The van der Waals surface area contributed by atoms with E-state index in [2.05, 4.69) is 34.5 Å². The number of hydrogen-bond acceptors (Lipinski definition) is 4. The molecule has 3 aromatic rings. The van der Waals surface area contributed by atoms with Crippen LogP contribution in [0.4, 0.5) is 0 Å². The molecule has 1 atom stereocenters. The van der Waals surface area contributed by atoms with Crippen LogP contribution in [0.15, 0.2) is 46.9 Å². The van der Waals surface area contributed by atoms with E-state index in [0.29, 0.717) is 29.7 Å². The Morgan fingerprint density at radius 2 is 1.91 bits per heavy atom. The molecule has 0 fully saturated rings. The molecule has 0 saturated heterocycles. The van der Waals surface area contributed by atoms with Gasteiger partial charge in [0.1, 0.15) is 0 Å². The highest BCUT2D eigenvalue weighted by Crippen LogP contribution is 2.20. The van der Waals surface area contributed by atoms with Crippen LogP contribution in [0.3, 0.4) is 0 Å². The Hall–Kier alpha value is -2.01. The molecule has 0 spiro atoms. The number of hydrogen-bond donors (Lipinski definition) is 0. The minimum Gasteiger partial charge on any atom is -0.426 e. The lowest BCUT2D eigenvalue weighted by molar-refractivity contribution is 0.465. The second kappa shape index (κ2) is 6.83. The van der Waals surface area contributed by atoms with Gasteiger partial charge in [0.25, 0.3) is 0 Å². The number of nitrogens with zero attached hydrogens (tertiary/aromatic N) is 2. The van der Waals surface area contributed by atoms with Crippen molar-refractivity contribution in [1.29, 1.82) is 0 Å². The summed E-state index contributed by atoms with van der Waals surface area (Å²) in [7, 11) is -0.884. The lowest BCUT2D eigenvalue weighted by Gasteiger charge is -2.06. The van der Waals surface area contributed by atoms with E-state index in [4.69, 9.17) is 4.42 Å². The van der Waals surface area contributed by atoms with Crippen molar-refractivity contribution >= 4 is 21.6 Å². The number of rotatable bonds is 6. The first-order valence-corrected chi connectivity index (χ1v) is 8.82. The topological polar surface area (TPSA) is 56.0 Å². The summed E-state index contributed by atoms with van der Waals surface area (Å²) in [5.41, 5.74) is 1.14. The van der Waals surface area contributed by atoms with Gasteiger partial charge >= 0.3 is 0 Å². The summed E-state index contributed by atoms with van der Waals surface area (Å²) in [5.74, 6) is 2.43. The van der Waals surface area contributed by atoms with Gasteiger partial charge in [0, 0.05) is 35.6 Å². The van der Waals surface area contributed by atoms with Crippen LogP contribution in [0.5, 0.6) is 0 Å². The first-order chi connectivity index (χ1) is 10.7. The van der Waals surface area contributed by atoms with E-state index in [9.17, 15) is 4.21 Å². The zero-order valence-corrected chi connectivity index (χ0v) is 13.3. The van der Waals surface area contributed by atoms with E-state index < -0.39 is 10.8 Å². The number of aromatic nitrogens is 2. The third-order valence-electron chi connectivity index (χ3n) is 3.53. The zero-order chi connectivity index (χ0) is 15.4. The summed E-state index contributed by atoms with van der Waals surface area (Å²) in [5, 5.41) is 10.1. The maximum absolute atomic E-state index is 12.3. The fraction of sp³-hybridized carbons (Fsp3) is 0.294. The fourth-order valence-corrected chi connectivity index (χ4v) is 3.70. The van der Waals surface area contributed by atoms with Crippen molar-refractivity contribution in [2.45, 2.75) is 25.5 Å². The van der Waals surface area contributed by atoms with Crippen molar-refractivity contribution in [2.24, 2.45) is 0 Å². The van der Waals surface area contributed by atoms with Crippen LogP contribution < -0.4 is 0 Å². The molecule has 4 nitrogen and oxygen atoms in total. The van der Waals surface area contributed by atoms with Crippen LogP contribution in [0, 0.1) is 6.92 Å². The lowest BCUT2D eigenvalue weighted by Crippen LogP contribution is -2.03. The minimum absolute atomic E-state index is 0.576. The van der Waals surface area contributed by atoms with E-state index in [1.807, 2.05) is 18.2 Å². The van der Waals surface area contributed by atoms with Crippen LogP contribution in [0.1, 0.15) is 23.8 Å². The highest BCUT2D eigenvalue weighted by atomic mass is 32.2. The maximum atomic E-state index is 12.3. The Labute approximate surface area is 132 Å². The number of benzene rings is 2. The quantitative estimate of drug-likeness (QED) is 0.699. The molecule has 0 amide bonds. The van der Waals surface area contributed by atoms with Crippen LogP contribution in [-0.4, -0.2) is 20.2 Å². The Kier molecular flexibility index (Phi) is 4.63. The van der Waals surface area contributed by atoms with Crippen molar-refractivity contribution in [1.82, 2.24) is 10.2 Å². The Morgan fingerprint density at radius 1 is 1.09 bits per heavy atom. The number of aryl methyl sites for hydroxylation is 2. The molecule has 1 aromatic heterocycles. The molecule has 0 aliphatic rings. The first kappa shape index (κ1) is 14.9. The highest BCUT2D eigenvalue weighted by molar-refractivity contribution is 7.84. The fourth-order valence-electron chi connectivity index (χ4n) is 2.49. The second-order valence-electron chi connectivity index (χ2n) is 5.24. The minimum atomic E-state index is -0.884. The molecule has 22 heavy (non-hydrogen) atoms. The van der Waals surface area contributed by atoms with E-state index in [1.165, 1.54) is 10.8 Å². The third kappa shape index (κ3) is 3.60. The zero-order valence-electron chi connectivity index (χ0n) is 12.5. The Balaban J connectivity index is 1.59. The molecular formula is C17H18N2O2S. The monoisotopic (exact) mass is 314 g/mol. The van der Waals surface area contributed by atoms with Gasteiger partial charge in [-0.2, -0.15) is 0 Å². The Morgan fingerprint density at radius 3 is 2.73 bits per heavy atom. The van der Waals surface area contributed by atoms with Crippen LogP contribution in [-0.2, 0) is 23.0 Å². The SMILES string of the molecule is Cc1nnc(CCCS(=O)Cc2cccc3ccccc23)o1. The standard InChI is InChI=1S/C17H18N2O2S/c1-13-18-19-17(21-13)10-5-11-22(20)12-15-8-4-7-14-6-2-3-9-16(14)15/h2-4,6-9H,5,10-12H2,1H3. The van der Waals surface area contributed by atoms with E-state index in [1.54, 1.807) is 6.92 Å². The van der Waals surface area contributed by atoms with Gasteiger partial charge in [0.05, 0.1) is 0 Å². The predicted octanol–water partition coefficient (Wildman–Crippen LogP) is 3.41. The molecule has 1 unspecified atom stereocenters. The van der Waals surface area contributed by atoms with Crippen LogP contribution >= 0.6 is 0 Å². The molecule has 5 heteroatoms. The van der Waals surface area contributed by atoms with Crippen molar-refractivity contribution in [3.63, 3.8) is 0 Å². The average molecular weight is 314 g/mol. The molecule has 114 valence electrons. The largest absolute Gasteiger partial charge is 0.426 e. The van der Waals surface area contributed by atoms with Gasteiger partial charge in [-0.1, -0.05) is 42.5 Å². The van der Waals surface area contributed by atoms with Gasteiger partial charge in [-0.25, -0.2) is 0 Å². The van der Waals surface area contributed by atoms with Crippen LogP contribution in [0.2, 0.25) is 0 Å². The van der Waals surface area contributed by atoms with Gasteiger partial charge in [-0.05, 0) is 22.8 Å². The molecule has 0 aliphatic carbocycles. The molecule has 1 heterocycles. The van der Waals surface area contributed by atoms with E-state index >= 15 is 0 Å². The summed E-state index contributed by atoms with van der Waals surface area (Å²) in [6.45, 7) is 1.77. The van der Waals surface area contributed by atoms with Gasteiger partial charge < -0.3 is 4.42 Å². The number of fused-ring (bicyclic) bond motifs is 1. The predicted molar refractivity (Wildman–Crippen MR) is 88.0 cm³/mol. The molecule has 3 rings (SSSR count). The van der Waals surface area contributed by atoms with Crippen molar-refractivity contribution in [3.8, 4) is 0 Å². The van der Waals surface area contributed by atoms with Crippen molar-refractivity contribution in [3.05, 3.63) is 59.8 Å². The van der Waals surface area contributed by atoms with Crippen LogP contribution in [0.25, 0.3) is 10.8 Å². The average Bonchev–Trinajstić information content (AvgIpc) is 2.93. The summed E-state index contributed by atoms with van der Waals surface area (Å²) in [4.78, 5) is 0. The molecular weight excluding hydrogens is 296 g/mol. The van der Waals surface area contributed by atoms with Gasteiger partial charge in [0.2, 0.25) is 11.8 Å². The van der Waals surface area contributed by atoms with Gasteiger partial charge in [0.15, 0.2) is 0 Å². The molecule has 0 radical (unpaired) electrons. The lowest BCUT2D eigenvalue weighted by atomic mass is 10.1. The first-order valence-electron chi connectivity index (χ1n) is 7.33. The van der Waals surface area contributed by atoms with Crippen molar-refractivity contribution < 1.29 is 8.63 Å². The molecule has 2 aromatic carbocycles. The third-order valence-corrected chi connectivity index (χ3v) is 4.90. The molecule has 0 saturated carbocycles. The Bertz CT molecular complexity index is 793. The summed E-state index contributed by atoms with van der Waals surface area (Å²) in [6, 6.07) is 14.4. The van der Waals surface area contributed by atoms with Gasteiger partial charge in [-0.15, -0.1) is 10.2 Å². The second-order valence-corrected chi connectivity index (χ2v) is 6.82.